The fraction of sp³-hybridized carbons (Fsp3) is 0.500. The summed E-state index contributed by atoms with van der Waals surface area (Å²) in [6.45, 7) is 4.53. The standard InChI is InChI=1S/C12H16N4O2/c1-3-16-11(17)4-10(12(16)18)15-7-9-6-13-8(2)5-14-9/h5-6,10,15H,3-4,7H2,1-2H3. The SMILES string of the molecule is CCN1C(=O)CC(NCc2cnc(C)cn2)C1=O. The Morgan fingerprint density at radius 1 is 1.39 bits per heavy atom. The maximum Gasteiger partial charge on any atom is 0.246 e. The van der Waals surface area contributed by atoms with Crippen molar-refractivity contribution in [2.75, 3.05) is 6.54 Å². The average Bonchev–Trinajstić information content (AvgIpc) is 2.63. The molecular weight excluding hydrogens is 232 g/mol. The van der Waals surface area contributed by atoms with Crippen LogP contribution in [0.3, 0.4) is 0 Å². The summed E-state index contributed by atoms with van der Waals surface area (Å²) in [7, 11) is 0. The summed E-state index contributed by atoms with van der Waals surface area (Å²) in [5.74, 6) is -0.266. The van der Waals surface area contributed by atoms with Crippen LogP contribution in [0.25, 0.3) is 0 Å². The van der Waals surface area contributed by atoms with E-state index in [1.54, 1.807) is 19.3 Å². The summed E-state index contributed by atoms with van der Waals surface area (Å²) in [4.78, 5) is 32.9. The molecule has 0 aromatic carbocycles. The number of hydrogen-bond acceptors (Lipinski definition) is 5. The maximum atomic E-state index is 11.8. The van der Waals surface area contributed by atoms with E-state index in [0.717, 1.165) is 11.4 Å². The van der Waals surface area contributed by atoms with Crippen molar-refractivity contribution in [2.24, 2.45) is 0 Å². The molecule has 2 rings (SSSR count). The van der Waals surface area contributed by atoms with Crippen LogP contribution in [0.15, 0.2) is 12.4 Å². The van der Waals surface area contributed by atoms with Gasteiger partial charge in [0.05, 0.1) is 23.9 Å². The van der Waals surface area contributed by atoms with Crippen molar-refractivity contribution >= 4 is 11.8 Å². The van der Waals surface area contributed by atoms with Crippen LogP contribution in [0, 0.1) is 6.92 Å². The number of imide groups is 1. The van der Waals surface area contributed by atoms with E-state index in [1.165, 1.54) is 4.90 Å². The van der Waals surface area contributed by atoms with Gasteiger partial charge in [-0.15, -0.1) is 0 Å². The lowest BCUT2D eigenvalue weighted by Crippen LogP contribution is -2.38. The molecule has 96 valence electrons. The molecule has 0 saturated carbocycles. The van der Waals surface area contributed by atoms with Gasteiger partial charge in [-0.1, -0.05) is 0 Å². The lowest BCUT2D eigenvalue weighted by molar-refractivity contribution is -0.138. The summed E-state index contributed by atoms with van der Waals surface area (Å²) >= 11 is 0. The van der Waals surface area contributed by atoms with Crippen molar-refractivity contribution in [3.63, 3.8) is 0 Å². The highest BCUT2D eigenvalue weighted by Gasteiger charge is 2.36. The molecule has 1 aliphatic rings. The molecule has 1 aliphatic heterocycles. The number of rotatable bonds is 4. The van der Waals surface area contributed by atoms with Crippen LogP contribution in [0.2, 0.25) is 0 Å². The third-order valence-corrected chi connectivity index (χ3v) is 2.92. The molecule has 1 unspecified atom stereocenters. The van der Waals surface area contributed by atoms with Gasteiger partial charge in [0.25, 0.3) is 0 Å². The number of nitrogens with zero attached hydrogens (tertiary/aromatic N) is 3. The average molecular weight is 248 g/mol. The Morgan fingerprint density at radius 3 is 2.72 bits per heavy atom. The molecule has 6 heteroatoms. The second kappa shape index (κ2) is 5.22. The molecule has 2 heterocycles. The van der Waals surface area contributed by atoms with Gasteiger partial charge in [0.15, 0.2) is 0 Å². The van der Waals surface area contributed by atoms with Crippen molar-refractivity contribution in [1.82, 2.24) is 20.2 Å². The first-order valence-electron chi connectivity index (χ1n) is 5.97. The molecular formula is C12H16N4O2. The van der Waals surface area contributed by atoms with Gasteiger partial charge in [-0.05, 0) is 13.8 Å². The minimum absolute atomic E-state index is 0.116. The van der Waals surface area contributed by atoms with E-state index in [0.29, 0.717) is 13.1 Å². The van der Waals surface area contributed by atoms with Gasteiger partial charge in [0.1, 0.15) is 0 Å². The van der Waals surface area contributed by atoms with Crippen molar-refractivity contribution < 1.29 is 9.59 Å². The topological polar surface area (TPSA) is 75.2 Å². The molecule has 0 bridgehead atoms. The normalized spacial score (nSPS) is 19.7. The number of likely N-dealkylation sites (tertiary alicyclic amines) is 1. The lowest BCUT2D eigenvalue weighted by Gasteiger charge is -2.12. The Kier molecular flexibility index (Phi) is 3.66. The zero-order chi connectivity index (χ0) is 13.1. The third-order valence-electron chi connectivity index (χ3n) is 2.92. The van der Waals surface area contributed by atoms with Crippen LogP contribution >= 0.6 is 0 Å². The Morgan fingerprint density at radius 2 is 2.17 bits per heavy atom. The smallest absolute Gasteiger partial charge is 0.246 e. The highest BCUT2D eigenvalue weighted by atomic mass is 16.2. The molecule has 6 nitrogen and oxygen atoms in total. The van der Waals surface area contributed by atoms with Crippen LogP contribution in [-0.2, 0) is 16.1 Å². The van der Waals surface area contributed by atoms with E-state index in [4.69, 9.17) is 0 Å². The number of carbonyl (C=O) groups is 2. The van der Waals surface area contributed by atoms with Crippen LogP contribution in [0.5, 0.6) is 0 Å². The number of aryl methyl sites for hydroxylation is 1. The van der Waals surface area contributed by atoms with Gasteiger partial charge in [-0.3, -0.25) is 29.8 Å². The summed E-state index contributed by atoms with van der Waals surface area (Å²) in [6.07, 6.45) is 3.57. The maximum absolute atomic E-state index is 11.8. The first kappa shape index (κ1) is 12.6. The highest BCUT2D eigenvalue weighted by Crippen LogP contribution is 2.12. The molecule has 1 fully saturated rings. The quantitative estimate of drug-likeness (QED) is 0.760. The van der Waals surface area contributed by atoms with E-state index in [-0.39, 0.29) is 18.2 Å². The monoisotopic (exact) mass is 248 g/mol. The zero-order valence-corrected chi connectivity index (χ0v) is 10.5. The van der Waals surface area contributed by atoms with Crippen molar-refractivity contribution in [3.05, 3.63) is 23.8 Å². The third kappa shape index (κ3) is 2.53. The van der Waals surface area contributed by atoms with E-state index >= 15 is 0 Å². The number of hydrogen-bond donors (Lipinski definition) is 1. The molecule has 2 amide bonds. The number of likely N-dealkylation sites (N-methyl/N-ethyl adjacent to an activating group) is 1. The molecule has 1 N–H and O–H groups in total. The molecule has 1 aromatic rings. The van der Waals surface area contributed by atoms with E-state index in [1.807, 2.05) is 6.92 Å². The number of nitrogens with one attached hydrogen (secondary N) is 1. The first-order chi connectivity index (χ1) is 8.61. The first-order valence-corrected chi connectivity index (χ1v) is 5.97. The summed E-state index contributed by atoms with van der Waals surface area (Å²) in [5, 5.41) is 3.05. The number of aromatic nitrogens is 2. The van der Waals surface area contributed by atoms with Crippen LogP contribution in [0.4, 0.5) is 0 Å². The molecule has 1 aromatic heterocycles. The van der Waals surface area contributed by atoms with Gasteiger partial charge in [0.2, 0.25) is 11.8 Å². The van der Waals surface area contributed by atoms with E-state index in [9.17, 15) is 9.59 Å². The van der Waals surface area contributed by atoms with Gasteiger partial charge >= 0.3 is 0 Å². The summed E-state index contributed by atoms with van der Waals surface area (Å²) in [6, 6.07) is -0.430. The fourth-order valence-corrected chi connectivity index (χ4v) is 1.91. The predicted molar refractivity (Wildman–Crippen MR) is 64.4 cm³/mol. The Bertz CT molecular complexity index is 458. The Balaban J connectivity index is 1.93. The largest absolute Gasteiger partial charge is 0.300 e. The minimum atomic E-state index is -0.430. The fourth-order valence-electron chi connectivity index (χ4n) is 1.91. The summed E-state index contributed by atoms with van der Waals surface area (Å²) in [5.41, 5.74) is 1.61. The van der Waals surface area contributed by atoms with Gasteiger partial charge in [-0.25, -0.2) is 0 Å². The van der Waals surface area contributed by atoms with Crippen LogP contribution in [0.1, 0.15) is 24.7 Å². The van der Waals surface area contributed by atoms with E-state index < -0.39 is 6.04 Å². The minimum Gasteiger partial charge on any atom is -0.300 e. The van der Waals surface area contributed by atoms with Gasteiger partial charge in [0, 0.05) is 25.5 Å². The molecule has 0 aliphatic carbocycles. The predicted octanol–water partition coefficient (Wildman–Crippen LogP) is 0.0220. The Hall–Kier alpha value is -1.82. The van der Waals surface area contributed by atoms with E-state index in [2.05, 4.69) is 15.3 Å². The van der Waals surface area contributed by atoms with Crippen molar-refractivity contribution in [2.45, 2.75) is 32.9 Å². The molecule has 0 spiro atoms. The van der Waals surface area contributed by atoms with Gasteiger partial charge < -0.3 is 0 Å². The zero-order valence-electron chi connectivity index (χ0n) is 10.5. The van der Waals surface area contributed by atoms with Crippen LogP contribution in [-0.4, -0.2) is 39.3 Å². The van der Waals surface area contributed by atoms with Gasteiger partial charge in [-0.2, -0.15) is 0 Å². The molecule has 18 heavy (non-hydrogen) atoms. The number of amides is 2. The van der Waals surface area contributed by atoms with Crippen molar-refractivity contribution in [1.29, 1.82) is 0 Å². The van der Waals surface area contributed by atoms with Crippen molar-refractivity contribution in [3.8, 4) is 0 Å². The lowest BCUT2D eigenvalue weighted by atomic mass is 10.2. The second-order valence-corrected chi connectivity index (χ2v) is 4.26. The Labute approximate surface area is 105 Å². The molecule has 1 saturated heterocycles. The second-order valence-electron chi connectivity index (χ2n) is 4.26. The molecule has 0 radical (unpaired) electrons. The summed E-state index contributed by atoms with van der Waals surface area (Å²) < 4.78 is 0. The molecule has 1 atom stereocenters. The highest BCUT2D eigenvalue weighted by molar-refractivity contribution is 6.05. The van der Waals surface area contributed by atoms with Crippen LogP contribution < -0.4 is 5.32 Å². The number of carbonyl (C=O) groups excluding carboxylic acids is 2.